The number of nitrogens with zero attached hydrogens (tertiary/aromatic N) is 2. The summed E-state index contributed by atoms with van der Waals surface area (Å²) in [7, 11) is 3.13. The molecule has 164 valence electrons. The maximum Gasteiger partial charge on any atom is 0.262 e. The van der Waals surface area contributed by atoms with E-state index in [1.807, 2.05) is 51.1 Å². The van der Waals surface area contributed by atoms with E-state index in [0.717, 1.165) is 16.7 Å². The highest BCUT2D eigenvalue weighted by atomic mass is 16.5. The van der Waals surface area contributed by atoms with Crippen molar-refractivity contribution in [2.45, 2.75) is 26.8 Å². The zero-order chi connectivity index (χ0) is 23.3. The summed E-state index contributed by atoms with van der Waals surface area (Å²) in [5.41, 5.74) is 5.37. The van der Waals surface area contributed by atoms with Gasteiger partial charge in [-0.05, 0) is 61.7 Å². The van der Waals surface area contributed by atoms with Crippen molar-refractivity contribution in [3.05, 3.63) is 70.4 Å². The first-order valence-corrected chi connectivity index (χ1v) is 10.1. The number of aryl methyl sites for hydroxylation is 2. The average molecular weight is 431 g/mol. The number of rotatable bonds is 7. The molecule has 1 aromatic heterocycles. The molecule has 0 spiro atoms. The molecule has 7 heteroatoms. The van der Waals surface area contributed by atoms with Crippen molar-refractivity contribution in [2.75, 3.05) is 14.2 Å². The number of carbonyl (C=O) groups is 1. The van der Waals surface area contributed by atoms with Gasteiger partial charge in [0, 0.05) is 11.1 Å². The Labute approximate surface area is 187 Å². The van der Waals surface area contributed by atoms with E-state index in [2.05, 4.69) is 15.5 Å². The van der Waals surface area contributed by atoms with E-state index >= 15 is 0 Å². The molecule has 32 heavy (non-hydrogen) atoms. The number of nitriles is 1. The summed E-state index contributed by atoms with van der Waals surface area (Å²) in [4.78, 5) is 12.8. The second-order valence-corrected chi connectivity index (χ2v) is 7.48. The summed E-state index contributed by atoms with van der Waals surface area (Å²) in [6, 6.07) is 13.2. The van der Waals surface area contributed by atoms with Crippen LogP contribution in [0.1, 0.15) is 35.2 Å². The number of hydrogen-bond donors (Lipinski definition) is 2. The van der Waals surface area contributed by atoms with E-state index in [9.17, 15) is 10.1 Å². The number of benzene rings is 2. The minimum absolute atomic E-state index is 0.0104. The van der Waals surface area contributed by atoms with E-state index in [0.29, 0.717) is 22.8 Å². The van der Waals surface area contributed by atoms with Crippen LogP contribution in [0.5, 0.6) is 11.5 Å². The summed E-state index contributed by atoms with van der Waals surface area (Å²) in [6.07, 6.45) is 3.10. The lowest BCUT2D eigenvalue weighted by atomic mass is 10.0. The highest BCUT2D eigenvalue weighted by molar-refractivity contribution is 6.02. The highest BCUT2D eigenvalue weighted by Gasteiger charge is 2.17. The molecule has 1 amide bonds. The summed E-state index contributed by atoms with van der Waals surface area (Å²) in [5, 5.41) is 19.5. The van der Waals surface area contributed by atoms with Crippen LogP contribution in [0.15, 0.2) is 48.2 Å². The van der Waals surface area contributed by atoms with Gasteiger partial charge in [-0.3, -0.25) is 9.89 Å². The molecule has 1 heterocycles. The van der Waals surface area contributed by atoms with Gasteiger partial charge in [-0.2, -0.15) is 10.4 Å². The fourth-order valence-electron chi connectivity index (χ4n) is 3.32. The van der Waals surface area contributed by atoms with Crippen LogP contribution in [0.25, 0.3) is 17.3 Å². The Bertz CT molecular complexity index is 1200. The Morgan fingerprint density at radius 2 is 1.88 bits per heavy atom. The molecular formula is C25H26N4O3. The lowest BCUT2D eigenvalue weighted by Gasteiger charge is -2.15. The third-order valence-electron chi connectivity index (χ3n) is 5.38. The summed E-state index contributed by atoms with van der Waals surface area (Å²) < 4.78 is 10.6. The fraction of sp³-hybridized carbons (Fsp3) is 0.240. The minimum atomic E-state index is -0.447. The van der Waals surface area contributed by atoms with E-state index in [-0.39, 0.29) is 11.6 Å². The number of aromatic amines is 1. The van der Waals surface area contributed by atoms with Crippen molar-refractivity contribution in [2.24, 2.45) is 0 Å². The monoisotopic (exact) mass is 430 g/mol. The van der Waals surface area contributed by atoms with Crippen LogP contribution in [0.2, 0.25) is 0 Å². The quantitative estimate of drug-likeness (QED) is 0.425. The van der Waals surface area contributed by atoms with Crippen molar-refractivity contribution in [3.63, 3.8) is 0 Å². The molecule has 0 radical (unpaired) electrons. The molecule has 0 saturated heterocycles. The average Bonchev–Trinajstić information content (AvgIpc) is 3.26. The van der Waals surface area contributed by atoms with Crippen molar-refractivity contribution < 1.29 is 14.3 Å². The number of methoxy groups -OCH3 is 2. The number of ether oxygens (including phenoxy) is 2. The van der Waals surface area contributed by atoms with E-state index < -0.39 is 5.91 Å². The van der Waals surface area contributed by atoms with E-state index in [1.165, 1.54) is 11.6 Å². The maximum atomic E-state index is 12.8. The van der Waals surface area contributed by atoms with Gasteiger partial charge in [-0.15, -0.1) is 0 Å². The largest absolute Gasteiger partial charge is 0.493 e. The second kappa shape index (κ2) is 9.84. The van der Waals surface area contributed by atoms with Crippen molar-refractivity contribution in [1.82, 2.24) is 15.5 Å². The van der Waals surface area contributed by atoms with Gasteiger partial charge in [0.1, 0.15) is 11.6 Å². The number of H-pyrrole nitrogens is 1. The first kappa shape index (κ1) is 22.6. The zero-order valence-electron chi connectivity index (χ0n) is 18.8. The van der Waals surface area contributed by atoms with Crippen molar-refractivity contribution in [1.29, 1.82) is 5.26 Å². The van der Waals surface area contributed by atoms with Gasteiger partial charge in [0.2, 0.25) is 0 Å². The number of carbonyl (C=O) groups excluding carboxylic acids is 1. The Balaban J connectivity index is 1.86. The van der Waals surface area contributed by atoms with E-state index in [1.54, 1.807) is 32.5 Å². The first-order chi connectivity index (χ1) is 15.4. The van der Waals surface area contributed by atoms with Gasteiger partial charge in [0.15, 0.2) is 11.5 Å². The summed E-state index contributed by atoms with van der Waals surface area (Å²) in [6.45, 7) is 5.96. The Hall–Kier alpha value is -4.05. The number of nitrogens with one attached hydrogen (secondary N) is 2. The highest BCUT2D eigenvalue weighted by Crippen LogP contribution is 2.33. The van der Waals surface area contributed by atoms with Gasteiger partial charge in [-0.1, -0.05) is 18.2 Å². The maximum absolute atomic E-state index is 12.8. The molecule has 0 aliphatic heterocycles. The summed E-state index contributed by atoms with van der Waals surface area (Å²) in [5.74, 6) is 0.720. The fourth-order valence-corrected chi connectivity index (χ4v) is 3.32. The predicted octanol–water partition coefficient (Wildman–Crippen LogP) is 4.50. The molecule has 0 saturated carbocycles. The molecule has 3 aromatic rings. The third-order valence-corrected chi connectivity index (χ3v) is 5.38. The Kier molecular flexibility index (Phi) is 6.96. The first-order valence-electron chi connectivity index (χ1n) is 10.1. The molecular weight excluding hydrogens is 404 g/mol. The molecule has 0 fully saturated rings. The lowest BCUT2D eigenvalue weighted by molar-refractivity contribution is -0.117. The van der Waals surface area contributed by atoms with Crippen LogP contribution in [0.3, 0.4) is 0 Å². The van der Waals surface area contributed by atoms with E-state index in [4.69, 9.17) is 9.47 Å². The number of aromatic nitrogens is 2. The molecule has 1 unspecified atom stereocenters. The van der Waals surface area contributed by atoms with Crippen LogP contribution >= 0.6 is 0 Å². The minimum Gasteiger partial charge on any atom is -0.493 e. The van der Waals surface area contributed by atoms with Gasteiger partial charge >= 0.3 is 0 Å². The van der Waals surface area contributed by atoms with Crippen LogP contribution in [-0.2, 0) is 4.79 Å². The van der Waals surface area contributed by atoms with Crippen molar-refractivity contribution in [3.8, 4) is 28.8 Å². The smallest absolute Gasteiger partial charge is 0.262 e. The molecule has 0 bridgehead atoms. The van der Waals surface area contributed by atoms with Gasteiger partial charge in [0.25, 0.3) is 5.91 Å². The topological polar surface area (TPSA) is 100 Å². The standard InChI is InChI=1S/C25H26N4O3/c1-15-6-7-18(10-16(15)2)17(3)28-25(30)20(13-26)11-21-14-27-29-24(21)19-8-9-22(31-4)23(12-19)32-5/h6-12,14,17H,1-5H3,(H,27,29)(H,28,30). The second-order valence-electron chi connectivity index (χ2n) is 7.48. The van der Waals surface area contributed by atoms with Crippen molar-refractivity contribution >= 4 is 12.0 Å². The SMILES string of the molecule is COc1ccc(-c2[nH]ncc2C=C(C#N)C(=O)NC(C)c2ccc(C)c(C)c2)cc1OC. The van der Waals surface area contributed by atoms with Gasteiger partial charge in [-0.25, -0.2) is 0 Å². The van der Waals surface area contributed by atoms with Gasteiger partial charge in [0.05, 0.1) is 32.2 Å². The van der Waals surface area contributed by atoms with Crippen LogP contribution in [0, 0.1) is 25.2 Å². The molecule has 7 nitrogen and oxygen atoms in total. The Morgan fingerprint density at radius 1 is 1.12 bits per heavy atom. The predicted molar refractivity (Wildman–Crippen MR) is 123 cm³/mol. The Morgan fingerprint density at radius 3 is 2.53 bits per heavy atom. The third kappa shape index (κ3) is 4.81. The van der Waals surface area contributed by atoms with Gasteiger partial charge < -0.3 is 14.8 Å². The summed E-state index contributed by atoms with van der Waals surface area (Å²) >= 11 is 0. The molecule has 0 aliphatic carbocycles. The molecule has 1 atom stereocenters. The molecule has 2 N–H and O–H groups in total. The molecule has 2 aromatic carbocycles. The molecule has 0 aliphatic rings. The number of amides is 1. The number of hydrogen-bond acceptors (Lipinski definition) is 5. The van der Waals surface area contributed by atoms with Crippen LogP contribution in [-0.4, -0.2) is 30.3 Å². The molecule has 3 rings (SSSR count). The van der Waals surface area contributed by atoms with Crippen LogP contribution < -0.4 is 14.8 Å². The zero-order valence-corrected chi connectivity index (χ0v) is 18.8. The normalized spacial score (nSPS) is 12.1. The van der Waals surface area contributed by atoms with Crippen LogP contribution in [0.4, 0.5) is 0 Å². The lowest BCUT2D eigenvalue weighted by Crippen LogP contribution is -2.27.